The van der Waals surface area contributed by atoms with Crippen LogP contribution in [0.15, 0.2) is 54.6 Å². The van der Waals surface area contributed by atoms with E-state index in [1.54, 1.807) is 7.11 Å². The molecule has 0 aliphatic carbocycles. The van der Waals surface area contributed by atoms with Crippen molar-refractivity contribution in [2.24, 2.45) is 0 Å². The zero-order valence-electron chi connectivity index (χ0n) is 15.0. The molecular weight excluding hydrogens is 310 g/mol. The maximum absolute atomic E-state index is 12.9. The lowest BCUT2D eigenvalue weighted by molar-refractivity contribution is -0.131. The van der Waals surface area contributed by atoms with Crippen LogP contribution in [0.4, 0.5) is 0 Å². The number of methoxy groups -OCH3 is 1. The van der Waals surface area contributed by atoms with E-state index in [1.807, 2.05) is 30.3 Å². The van der Waals surface area contributed by atoms with E-state index in [9.17, 15) is 4.79 Å². The van der Waals surface area contributed by atoms with Crippen LogP contribution in [0.5, 0.6) is 5.75 Å². The molecule has 1 fully saturated rings. The summed E-state index contributed by atoms with van der Waals surface area (Å²) in [5.41, 5.74) is 2.35. The second kappa shape index (κ2) is 8.70. The van der Waals surface area contributed by atoms with Gasteiger partial charge >= 0.3 is 0 Å². The van der Waals surface area contributed by atoms with Gasteiger partial charge in [0.15, 0.2) is 0 Å². The normalized spacial score (nSPS) is 16.1. The third-order valence-electron chi connectivity index (χ3n) is 5.06. The Morgan fingerprint density at radius 3 is 2.12 bits per heavy atom. The first kappa shape index (κ1) is 17.5. The lowest BCUT2D eigenvalue weighted by Gasteiger charge is -2.24. The molecule has 1 aliphatic heterocycles. The van der Waals surface area contributed by atoms with Gasteiger partial charge in [0.1, 0.15) is 5.75 Å². The van der Waals surface area contributed by atoms with Crippen LogP contribution >= 0.6 is 0 Å². The van der Waals surface area contributed by atoms with Gasteiger partial charge in [-0.2, -0.15) is 0 Å². The Kier molecular flexibility index (Phi) is 6.10. The van der Waals surface area contributed by atoms with Crippen LogP contribution < -0.4 is 4.74 Å². The summed E-state index contributed by atoms with van der Waals surface area (Å²) in [6.45, 7) is 1.81. The summed E-state index contributed by atoms with van der Waals surface area (Å²) >= 11 is 0. The second-order valence-corrected chi connectivity index (χ2v) is 6.74. The van der Waals surface area contributed by atoms with E-state index in [0.29, 0.717) is 6.42 Å². The van der Waals surface area contributed by atoms with Gasteiger partial charge in [-0.25, -0.2) is 0 Å². The van der Waals surface area contributed by atoms with E-state index >= 15 is 0 Å². The molecule has 0 saturated carbocycles. The number of amides is 1. The van der Waals surface area contributed by atoms with E-state index in [0.717, 1.165) is 37.2 Å². The molecule has 3 nitrogen and oxygen atoms in total. The molecule has 25 heavy (non-hydrogen) atoms. The molecule has 0 N–H and O–H groups in total. The maximum Gasteiger partial charge on any atom is 0.223 e. The smallest absolute Gasteiger partial charge is 0.223 e. The number of hydrogen-bond donors (Lipinski definition) is 0. The first-order valence-electron chi connectivity index (χ1n) is 9.24. The van der Waals surface area contributed by atoms with E-state index in [2.05, 4.69) is 29.2 Å². The Morgan fingerprint density at radius 2 is 1.52 bits per heavy atom. The Balaban J connectivity index is 1.82. The van der Waals surface area contributed by atoms with Crippen molar-refractivity contribution in [3.8, 4) is 5.75 Å². The van der Waals surface area contributed by atoms with Crippen LogP contribution in [-0.2, 0) is 4.79 Å². The van der Waals surface area contributed by atoms with Gasteiger partial charge in [-0.3, -0.25) is 4.79 Å². The quantitative estimate of drug-likeness (QED) is 0.797. The molecule has 1 saturated heterocycles. The molecule has 1 atom stereocenters. The van der Waals surface area contributed by atoms with Crippen LogP contribution in [0.25, 0.3) is 0 Å². The minimum Gasteiger partial charge on any atom is -0.497 e. The van der Waals surface area contributed by atoms with Crippen LogP contribution in [-0.4, -0.2) is 31.0 Å². The Labute approximate surface area is 150 Å². The van der Waals surface area contributed by atoms with Gasteiger partial charge in [0.2, 0.25) is 5.91 Å². The molecule has 0 radical (unpaired) electrons. The van der Waals surface area contributed by atoms with E-state index < -0.39 is 0 Å². The van der Waals surface area contributed by atoms with Gasteiger partial charge in [-0.15, -0.1) is 0 Å². The van der Waals surface area contributed by atoms with Gasteiger partial charge < -0.3 is 9.64 Å². The molecule has 3 rings (SSSR count). The number of carbonyl (C=O) groups is 1. The summed E-state index contributed by atoms with van der Waals surface area (Å²) in [4.78, 5) is 15.0. The van der Waals surface area contributed by atoms with Crippen molar-refractivity contribution in [1.29, 1.82) is 0 Å². The van der Waals surface area contributed by atoms with Gasteiger partial charge in [-0.05, 0) is 36.1 Å². The fraction of sp³-hybridized carbons (Fsp3) is 0.409. The average molecular weight is 337 g/mol. The molecule has 2 aromatic rings. The van der Waals surface area contributed by atoms with Crippen molar-refractivity contribution >= 4 is 5.91 Å². The topological polar surface area (TPSA) is 29.5 Å². The zero-order chi connectivity index (χ0) is 17.5. The van der Waals surface area contributed by atoms with Gasteiger partial charge in [0.05, 0.1) is 7.11 Å². The molecule has 132 valence electrons. The molecule has 1 amide bonds. The van der Waals surface area contributed by atoms with Crippen LogP contribution in [0.1, 0.15) is 49.1 Å². The minimum atomic E-state index is 0.0860. The highest BCUT2D eigenvalue weighted by atomic mass is 16.5. The summed E-state index contributed by atoms with van der Waals surface area (Å²) in [5.74, 6) is 1.20. The number of hydrogen-bond acceptors (Lipinski definition) is 2. The van der Waals surface area contributed by atoms with E-state index in [4.69, 9.17) is 4.74 Å². The van der Waals surface area contributed by atoms with Crippen LogP contribution in [0.3, 0.4) is 0 Å². The molecule has 0 spiro atoms. The molecule has 1 heterocycles. The van der Waals surface area contributed by atoms with E-state index in [1.165, 1.54) is 18.4 Å². The van der Waals surface area contributed by atoms with E-state index in [-0.39, 0.29) is 11.8 Å². The lowest BCUT2D eigenvalue weighted by atomic mass is 9.88. The van der Waals surface area contributed by atoms with Crippen molar-refractivity contribution in [3.05, 3.63) is 65.7 Å². The number of benzene rings is 2. The first-order valence-corrected chi connectivity index (χ1v) is 9.24. The highest BCUT2D eigenvalue weighted by Crippen LogP contribution is 2.30. The molecule has 3 heteroatoms. The number of carbonyl (C=O) groups excluding carboxylic acids is 1. The van der Waals surface area contributed by atoms with Crippen molar-refractivity contribution in [3.63, 3.8) is 0 Å². The number of ether oxygens (including phenoxy) is 1. The summed E-state index contributed by atoms with van der Waals surface area (Å²) in [6, 6.07) is 18.4. The number of rotatable bonds is 5. The summed E-state index contributed by atoms with van der Waals surface area (Å²) in [5, 5.41) is 0. The molecular formula is C22H27NO2. The number of likely N-dealkylation sites (tertiary alicyclic amines) is 1. The molecule has 2 aromatic carbocycles. The van der Waals surface area contributed by atoms with Crippen LogP contribution in [0.2, 0.25) is 0 Å². The number of nitrogens with zero attached hydrogens (tertiary/aromatic N) is 1. The highest BCUT2D eigenvalue weighted by molar-refractivity contribution is 5.77. The summed E-state index contributed by atoms with van der Waals surface area (Å²) < 4.78 is 5.27. The fourth-order valence-electron chi connectivity index (χ4n) is 3.57. The van der Waals surface area contributed by atoms with Crippen LogP contribution in [0, 0.1) is 0 Å². The van der Waals surface area contributed by atoms with Gasteiger partial charge in [0, 0.05) is 25.4 Å². The first-order chi connectivity index (χ1) is 12.3. The van der Waals surface area contributed by atoms with Gasteiger partial charge in [0.25, 0.3) is 0 Å². The zero-order valence-corrected chi connectivity index (χ0v) is 15.0. The minimum absolute atomic E-state index is 0.0860. The molecule has 0 unspecified atom stereocenters. The maximum atomic E-state index is 12.9. The lowest BCUT2D eigenvalue weighted by Crippen LogP contribution is -2.32. The third kappa shape index (κ3) is 4.62. The molecule has 0 bridgehead atoms. The van der Waals surface area contributed by atoms with Crippen molar-refractivity contribution in [2.75, 3.05) is 20.2 Å². The largest absolute Gasteiger partial charge is 0.497 e. The van der Waals surface area contributed by atoms with Crippen molar-refractivity contribution < 1.29 is 9.53 Å². The Hall–Kier alpha value is -2.29. The third-order valence-corrected chi connectivity index (χ3v) is 5.06. The molecule has 0 aromatic heterocycles. The fourth-order valence-corrected chi connectivity index (χ4v) is 3.57. The Bertz CT molecular complexity index is 658. The predicted octanol–water partition coefficient (Wildman–Crippen LogP) is 4.62. The Morgan fingerprint density at radius 1 is 0.920 bits per heavy atom. The predicted molar refractivity (Wildman–Crippen MR) is 101 cm³/mol. The SMILES string of the molecule is COc1ccc([C@@H](CC(=O)N2CCCCCC2)c2ccccc2)cc1. The van der Waals surface area contributed by atoms with Crippen molar-refractivity contribution in [1.82, 2.24) is 4.90 Å². The van der Waals surface area contributed by atoms with Gasteiger partial charge in [-0.1, -0.05) is 55.3 Å². The summed E-state index contributed by atoms with van der Waals surface area (Å²) in [6.07, 6.45) is 5.26. The monoisotopic (exact) mass is 337 g/mol. The average Bonchev–Trinajstić information content (AvgIpc) is 2.96. The summed E-state index contributed by atoms with van der Waals surface area (Å²) in [7, 11) is 1.67. The standard InChI is InChI=1S/C22H27NO2/c1-25-20-13-11-19(12-14-20)21(18-9-5-4-6-10-18)17-22(24)23-15-7-2-3-8-16-23/h4-6,9-14,21H,2-3,7-8,15-17H2,1H3/t21-/m0/s1. The highest BCUT2D eigenvalue weighted by Gasteiger charge is 2.22. The second-order valence-electron chi connectivity index (χ2n) is 6.74. The molecule has 1 aliphatic rings. The van der Waals surface area contributed by atoms with Crippen molar-refractivity contribution in [2.45, 2.75) is 38.0 Å².